The lowest BCUT2D eigenvalue weighted by Gasteiger charge is -2.25. The van der Waals surface area contributed by atoms with Gasteiger partial charge in [-0.2, -0.15) is 0 Å². The third-order valence-electron chi connectivity index (χ3n) is 7.88. The molecule has 2 aromatic rings. The van der Waals surface area contributed by atoms with Crippen LogP contribution in [0.5, 0.6) is 5.75 Å². The van der Waals surface area contributed by atoms with Crippen molar-refractivity contribution in [1.29, 1.82) is 0 Å². The summed E-state index contributed by atoms with van der Waals surface area (Å²) in [5.74, 6) is -2.51. The van der Waals surface area contributed by atoms with Crippen LogP contribution in [0, 0.1) is 16.0 Å². The number of nitro groups is 1. The molecule has 2 aromatic carbocycles. The Balaban J connectivity index is 1.52. The van der Waals surface area contributed by atoms with Gasteiger partial charge in [0.05, 0.1) is 4.92 Å². The van der Waals surface area contributed by atoms with Crippen molar-refractivity contribution < 1.29 is 48.0 Å². The molecule has 0 fully saturated rings. The molecule has 6 N–H and O–H groups in total. The summed E-state index contributed by atoms with van der Waals surface area (Å²) in [5, 5.41) is 21.4. The van der Waals surface area contributed by atoms with Gasteiger partial charge >= 0.3 is 12.2 Å². The van der Waals surface area contributed by atoms with Gasteiger partial charge in [-0.15, -0.1) is 0 Å². The van der Waals surface area contributed by atoms with Gasteiger partial charge in [0.25, 0.3) is 17.5 Å². The number of nitrogens with one attached hydrogen (secondary N) is 4. The Morgan fingerprint density at radius 1 is 0.868 bits per heavy atom. The second kappa shape index (κ2) is 20.5. The van der Waals surface area contributed by atoms with E-state index in [0.717, 1.165) is 4.90 Å². The highest BCUT2D eigenvalue weighted by Crippen LogP contribution is 2.18. The predicted molar refractivity (Wildman–Crippen MR) is 189 cm³/mol. The minimum Gasteiger partial charge on any atom is -0.429 e. The van der Waals surface area contributed by atoms with Crippen LogP contribution in [-0.2, 0) is 35.3 Å². The average Bonchev–Trinajstić information content (AvgIpc) is 3.43. The monoisotopic (exact) mass is 737 g/mol. The smallest absolute Gasteiger partial charge is 0.429 e. The minimum absolute atomic E-state index is 0.0608. The summed E-state index contributed by atoms with van der Waals surface area (Å²) in [6.07, 6.45) is 3.50. The van der Waals surface area contributed by atoms with E-state index < -0.39 is 41.0 Å². The van der Waals surface area contributed by atoms with Gasteiger partial charge in [0.15, 0.2) is 0 Å². The SMILES string of the molecule is CC(C)C(NC(=O)CCCCCN1C(=O)C=CC1=O)C(=O)N[C@@H](CCCNC(N)=O)C(=O)Nc1ccc(COC(=O)Oc2ccc([N+](=O)[O-])cc2)cc1. The zero-order valence-electron chi connectivity index (χ0n) is 29.3. The second-order valence-electron chi connectivity index (χ2n) is 12.3. The van der Waals surface area contributed by atoms with Gasteiger partial charge in [0, 0.05) is 49.5 Å². The van der Waals surface area contributed by atoms with Gasteiger partial charge in [0.1, 0.15) is 24.4 Å². The van der Waals surface area contributed by atoms with Crippen LogP contribution in [0.25, 0.3) is 0 Å². The molecule has 1 unspecified atom stereocenters. The number of rotatable bonds is 20. The van der Waals surface area contributed by atoms with Crippen molar-refractivity contribution in [3.63, 3.8) is 0 Å². The normalized spacial score (nSPS) is 13.2. The van der Waals surface area contributed by atoms with Crippen LogP contribution in [0.4, 0.5) is 21.0 Å². The molecule has 0 aliphatic carbocycles. The number of benzene rings is 2. The van der Waals surface area contributed by atoms with E-state index in [1.165, 1.54) is 36.4 Å². The summed E-state index contributed by atoms with van der Waals surface area (Å²) in [4.78, 5) is 97.3. The van der Waals surface area contributed by atoms with Crippen LogP contribution in [0.1, 0.15) is 57.9 Å². The Hall–Kier alpha value is -6.33. The number of nitrogens with two attached hydrogens (primary N) is 1. The van der Waals surface area contributed by atoms with Crippen LogP contribution >= 0.6 is 0 Å². The molecule has 0 saturated heterocycles. The number of ether oxygens (including phenoxy) is 2. The number of anilines is 1. The standard InChI is InChI=1S/C35H43N7O11/c1-22(2)31(40-28(43)8-4-3-5-20-41-29(44)17-18-30(41)45)33(47)39-27(7-6-19-37-34(36)48)32(46)38-24-11-9-23(10-12-24)21-52-35(49)53-26-15-13-25(14-16-26)42(50)51/h9-18,22,27,31H,3-8,19-21H2,1-2H3,(H,38,46)(H,39,47)(H,40,43)(H3,36,37,48)/t27-,31?/m0/s1. The Bertz CT molecular complexity index is 1660. The highest BCUT2D eigenvalue weighted by atomic mass is 16.7. The van der Waals surface area contributed by atoms with Crippen molar-refractivity contribution in [2.24, 2.45) is 11.7 Å². The Morgan fingerprint density at radius 3 is 2.13 bits per heavy atom. The number of carbonyl (C=O) groups excluding carboxylic acids is 7. The number of carbonyl (C=O) groups is 7. The number of unbranched alkanes of at least 4 members (excludes halogenated alkanes) is 2. The Labute approximate surface area is 304 Å². The summed E-state index contributed by atoms with van der Waals surface area (Å²) in [6.45, 7) is 3.72. The van der Waals surface area contributed by atoms with Gasteiger partial charge < -0.3 is 36.5 Å². The molecule has 0 bridgehead atoms. The van der Waals surface area contributed by atoms with Gasteiger partial charge in [-0.3, -0.25) is 39.0 Å². The number of amides is 7. The van der Waals surface area contributed by atoms with E-state index in [1.807, 2.05) is 0 Å². The van der Waals surface area contributed by atoms with Gasteiger partial charge in [0.2, 0.25) is 17.7 Å². The lowest BCUT2D eigenvalue weighted by Crippen LogP contribution is -2.54. The maximum Gasteiger partial charge on any atom is 0.514 e. The first-order valence-corrected chi connectivity index (χ1v) is 16.9. The maximum atomic E-state index is 13.4. The van der Waals surface area contributed by atoms with Crippen molar-refractivity contribution in [1.82, 2.24) is 20.9 Å². The largest absolute Gasteiger partial charge is 0.514 e. The topological polar surface area (TPSA) is 258 Å². The molecule has 0 radical (unpaired) electrons. The molecule has 18 heteroatoms. The maximum absolute atomic E-state index is 13.4. The van der Waals surface area contributed by atoms with Crippen LogP contribution in [0.2, 0.25) is 0 Å². The van der Waals surface area contributed by atoms with Gasteiger partial charge in [-0.05, 0) is 61.4 Å². The number of primary amides is 1. The fraction of sp³-hybridized carbons (Fsp3) is 0.400. The average molecular weight is 738 g/mol. The molecular formula is C35H43N7O11. The van der Waals surface area contributed by atoms with E-state index >= 15 is 0 Å². The van der Waals surface area contributed by atoms with Gasteiger partial charge in [-0.1, -0.05) is 32.4 Å². The van der Waals surface area contributed by atoms with E-state index in [2.05, 4.69) is 21.3 Å². The highest BCUT2D eigenvalue weighted by Gasteiger charge is 2.29. The highest BCUT2D eigenvalue weighted by molar-refractivity contribution is 6.12. The van der Waals surface area contributed by atoms with Crippen LogP contribution in [0.15, 0.2) is 60.7 Å². The lowest BCUT2D eigenvalue weighted by atomic mass is 10.0. The summed E-state index contributed by atoms with van der Waals surface area (Å²) < 4.78 is 10.1. The summed E-state index contributed by atoms with van der Waals surface area (Å²) in [6, 6.07) is 8.42. The number of urea groups is 1. The fourth-order valence-corrected chi connectivity index (χ4v) is 5.03. The van der Waals surface area contributed by atoms with Crippen molar-refractivity contribution >= 4 is 53.1 Å². The fourth-order valence-electron chi connectivity index (χ4n) is 5.03. The molecule has 1 aliphatic heterocycles. The molecule has 0 aromatic heterocycles. The molecule has 0 saturated carbocycles. The van der Waals surface area contributed by atoms with Crippen molar-refractivity contribution in [3.8, 4) is 5.75 Å². The van der Waals surface area contributed by atoms with Crippen molar-refractivity contribution in [3.05, 3.63) is 76.4 Å². The third-order valence-corrected chi connectivity index (χ3v) is 7.88. The molecule has 284 valence electrons. The van der Waals surface area contributed by atoms with Crippen LogP contribution < -0.4 is 31.7 Å². The van der Waals surface area contributed by atoms with Crippen LogP contribution in [-0.4, -0.2) is 76.7 Å². The summed E-state index contributed by atoms with van der Waals surface area (Å²) in [5.41, 5.74) is 5.89. The van der Waals surface area contributed by atoms with Crippen LogP contribution in [0.3, 0.4) is 0 Å². The first-order chi connectivity index (χ1) is 25.2. The first-order valence-electron chi connectivity index (χ1n) is 16.9. The predicted octanol–water partition coefficient (Wildman–Crippen LogP) is 2.81. The number of nitrogens with zero attached hydrogens (tertiary/aromatic N) is 2. The number of nitro benzene ring substituents is 1. The molecule has 7 amide bonds. The van der Waals surface area contributed by atoms with Crippen molar-refractivity contribution in [2.75, 3.05) is 18.4 Å². The van der Waals surface area contributed by atoms with E-state index in [-0.39, 0.29) is 74.0 Å². The molecule has 3 rings (SSSR count). The molecular weight excluding hydrogens is 694 g/mol. The molecule has 18 nitrogen and oxygen atoms in total. The summed E-state index contributed by atoms with van der Waals surface area (Å²) in [7, 11) is 0. The lowest BCUT2D eigenvalue weighted by molar-refractivity contribution is -0.384. The summed E-state index contributed by atoms with van der Waals surface area (Å²) >= 11 is 0. The quantitative estimate of drug-likeness (QED) is 0.0330. The van der Waals surface area contributed by atoms with E-state index in [0.29, 0.717) is 30.5 Å². The molecule has 1 heterocycles. The zero-order valence-corrected chi connectivity index (χ0v) is 29.3. The molecule has 53 heavy (non-hydrogen) atoms. The zero-order chi connectivity index (χ0) is 38.9. The Morgan fingerprint density at radius 2 is 1.53 bits per heavy atom. The third kappa shape index (κ3) is 14.1. The van der Waals surface area contributed by atoms with E-state index in [1.54, 1.807) is 38.1 Å². The minimum atomic E-state index is -1.06. The number of hydrogen-bond acceptors (Lipinski definition) is 11. The second-order valence-corrected chi connectivity index (χ2v) is 12.3. The number of imide groups is 1. The molecule has 0 spiro atoms. The number of hydrogen-bond donors (Lipinski definition) is 5. The van der Waals surface area contributed by atoms with Crippen molar-refractivity contribution in [2.45, 2.75) is 71.1 Å². The van der Waals surface area contributed by atoms with E-state index in [9.17, 15) is 43.7 Å². The number of non-ortho nitro benzene ring substituents is 1. The Kier molecular flexibility index (Phi) is 15.9. The molecule has 1 aliphatic rings. The molecule has 2 atom stereocenters. The first kappa shape index (κ1) is 41.1. The van der Waals surface area contributed by atoms with E-state index in [4.69, 9.17) is 15.2 Å². The van der Waals surface area contributed by atoms with Gasteiger partial charge in [-0.25, -0.2) is 9.59 Å².